The summed E-state index contributed by atoms with van der Waals surface area (Å²) in [5, 5.41) is 3.41. The van der Waals surface area contributed by atoms with E-state index in [-0.39, 0.29) is 4.91 Å². The number of pyridine rings is 1. The van der Waals surface area contributed by atoms with Crippen molar-refractivity contribution in [1.82, 2.24) is 10.3 Å². The summed E-state index contributed by atoms with van der Waals surface area (Å²) in [6.07, 6.45) is 4.74. The van der Waals surface area contributed by atoms with E-state index >= 15 is 0 Å². The molecular formula is C19H8Cl2N2O3S. The van der Waals surface area contributed by atoms with E-state index in [9.17, 15) is 9.59 Å². The Morgan fingerprint density at radius 1 is 1.11 bits per heavy atom. The first-order chi connectivity index (χ1) is 13.0. The fraction of sp³-hybridized carbons (Fsp3) is 0. The average Bonchev–Trinajstić information content (AvgIpc) is 3.18. The molecule has 1 fully saturated rings. The second kappa shape index (κ2) is 7.12. The van der Waals surface area contributed by atoms with Crippen molar-refractivity contribution in [2.24, 2.45) is 0 Å². The fourth-order valence-electron chi connectivity index (χ4n) is 2.41. The summed E-state index contributed by atoms with van der Waals surface area (Å²) in [5.41, 5.74) is 1.83. The Morgan fingerprint density at radius 3 is 2.70 bits per heavy atom. The van der Waals surface area contributed by atoms with Crippen LogP contribution in [0.2, 0.25) is 10.0 Å². The van der Waals surface area contributed by atoms with Crippen LogP contribution >= 0.6 is 35.0 Å². The number of hydrogen-bond acceptors (Lipinski definition) is 5. The van der Waals surface area contributed by atoms with E-state index < -0.39 is 11.1 Å². The smallest absolute Gasteiger partial charge is 0.290 e. The van der Waals surface area contributed by atoms with Crippen molar-refractivity contribution in [1.29, 1.82) is 0 Å². The highest BCUT2D eigenvalue weighted by molar-refractivity contribution is 8.18. The third-order valence-corrected chi connectivity index (χ3v) is 5.17. The van der Waals surface area contributed by atoms with Gasteiger partial charge in [-0.25, -0.2) is 0 Å². The van der Waals surface area contributed by atoms with Gasteiger partial charge < -0.3 is 4.42 Å². The first-order valence-corrected chi connectivity index (χ1v) is 9.16. The molecule has 1 aromatic carbocycles. The molecule has 132 valence electrons. The van der Waals surface area contributed by atoms with Crippen molar-refractivity contribution in [3.63, 3.8) is 0 Å². The van der Waals surface area contributed by atoms with Crippen LogP contribution in [0.3, 0.4) is 0 Å². The standard InChI is InChI=1S/C19H8Cl2N2O3S/c20-14-4-2-10(5-15(14)21)1-3-11-8-22-9-12-6-13(26-17(11)12)7-16-18(24)23-19(25)27-16/h2,4-9H,(H,23,24,25). The Hall–Kier alpha value is -2.72. The van der Waals surface area contributed by atoms with Crippen LogP contribution in [0.4, 0.5) is 4.79 Å². The molecule has 1 aliphatic rings. The van der Waals surface area contributed by atoms with Crippen molar-refractivity contribution >= 4 is 63.2 Å². The molecule has 0 aliphatic carbocycles. The van der Waals surface area contributed by atoms with E-state index in [0.29, 0.717) is 32.5 Å². The zero-order valence-corrected chi connectivity index (χ0v) is 15.7. The SMILES string of the molecule is O=C1NC(=O)C(=Cc2cc3cncc(C#Cc4ccc(Cl)c(Cl)c4)c3o2)S1. The molecule has 0 unspecified atom stereocenters. The highest BCUT2D eigenvalue weighted by Crippen LogP contribution is 2.29. The number of imide groups is 1. The molecule has 3 aromatic rings. The number of halogens is 2. The van der Waals surface area contributed by atoms with Gasteiger partial charge in [0, 0.05) is 29.4 Å². The average molecular weight is 415 g/mol. The van der Waals surface area contributed by atoms with Gasteiger partial charge in [-0.1, -0.05) is 35.0 Å². The van der Waals surface area contributed by atoms with E-state index in [1.54, 1.807) is 36.7 Å². The molecule has 0 spiro atoms. The fourth-order valence-corrected chi connectivity index (χ4v) is 3.37. The molecule has 4 rings (SSSR count). The topological polar surface area (TPSA) is 72.2 Å². The second-order valence-corrected chi connectivity index (χ2v) is 7.31. The highest BCUT2D eigenvalue weighted by Gasteiger charge is 2.25. The molecule has 0 radical (unpaired) electrons. The number of hydrogen-bond donors (Lipinski definition) is 1. The third-order valence-electron chi connectivity index (χ3n) is 3.62. The number of fused-ring (bicyclic) bond motifs is 1. The van der Waals surface area contributed by atoms with Gasteiger partial charge in [-0.15, -0.1) is 0 Å². The van der Waals surface area contributed by atoms with E-state index in [2.05, 4.69) is 22.1 Å². The molecule has 3 heterocycles. The number of furan rings is 1. The molecule has 1 saturated heterocycles. The van der Waals surface area contributed by atoms with E-state index in [1.165, 1.54) is 6.08 Å². The van der Waals surface area contributed by atoms with Crippen molar-refractivity contribution in [2.45, 2.75) is 0 Å². The molecule has 5 nitrogen and oxygen atoms in total. The van der Waals surface area contributed by atoms with E-state index in [4.69, 9.17) is 27.6 Å². The van der Waals surface area contributed by atoms with Crippen LogP contribution in [0.15, 0.2) is 46.0 Å². The first-order valence-electron chi connectivity index (χ1n) is 7.59. The summed E-state index contributed by atoms with van der Waals surface area (Å²) in [6, 6.07) is 6.85. The minimum atomic E-state index is -0.441. The van der Waals surface area contributed by atoms with Crippen LogP contribution in [0.1, 0.15) is 16.9 Å². The van der Waals surface area contributed by atoms with Crippen LogP contribution in [-0.2, 0) is 4.79 Å². The van der Waals surface area contributed by atoms with Gasteiger partial charge in [0.15, 0.2) is 5.58 Å². The maximum atomic E-state index is 11.7. The summed E-state index contributed by atoms with van der Waals surface area (Å²) in [6.45, 7) is 0. The minimum Gasteiger partial charge on any atom is -0.455 e. The number of carbonyl (C=O) groups excluding carboxylic acids is 2. The maximum Gasteiger partial charge on any atom is 0.290 e. The van der Waals surface area contributed by atoms with Crippen LogP contribution in [0.5, 0.6) is 0 Å². The molecule has 2 amide bonds. The Bertz CT molecular complexity index is 1200. The molecule has 1 N–H and O–H groups in total. The minimum absolute atomic E-state index is 0.274. The lowest BCUT2D eigenvalue weighted by molar-refractivity contribution is -0.115. The Balaban J connectivity index is 1.71. The molecule has 8 heteroatoms. The lowest BCUT2D eigenvalue weighted by Gasteiger charge is -1.95. The van der Waals surface area contributed by atoms with Crippen molar-refractivity contribution < 1.29 is 14.0 Å². The van der Waals surface area contributed by atoms with Gasteiger partial charge in [-0.05, 0) is 36.0 Å². The molecule has 0 bridgehead atoms. The zero-order valence-electron chi connectivity index (χ0n) is 13.4. The summed E-state index contributed by atoms with van der Waals surface area (Å²) in [5.74, 6) is 5.99. The van der Waals surface area contributed by atoms with Crippen molar-refractivity contribution in [3.05, 3.63) is 68.5 Å². The Labute approximate surface area is 167 Å². The molecular weight excluding hydrogens is 407 g/mol. The lowest BCUT2D eigenvalue weighted by Crippen LogP contribution is -2.17. The number of rotatable bonds is 1. The predicted molar refractivity (Wildman–Crippen MR) is 106 cm³/mol. The Morgan fingerprint density at radius 2 is 1.96 bits per heavy atom. The summed E-state index contributed by atoms with van der Waals surface area (Å²) in [4.78, 5) is 27.4. The number of nitrogens with zero attached hydrogens (tertiary/aromatic N) is 1. The lowest BCUT2D eigenvalue weighted by atomic mass is 10.2. The summed E-state index contributed by atoms with van der Waals surface area (Å²) in [7, 11) is 0. The van der Waals surface area contributed by atoms with Gasteiger partial charge >= 0.3 is 0 Å². The van der Waals surface area contributed by atoms with Gasteiger partial charge in [-0.3, -0.25) is 19.9 Å². The van der Waals surface area contributed by atoms with Gasteiger partial charge in [0.25, 0.3) is 11.1 Å². The second-order valence-electron chi connectivity index (χ2n) is 5.49. The molecule has 1 aliphatic heterocycles. The van der Waals surface area contributed by atoms with Crippen LogP contribution < -0.4 is 5.32 Å². The summed E-state index contributed by atoms with van der Waals surface area (Å²) < 4.78 is 5.81. The number of aromatic nitrogens is 1. The van der Waals surface area contributed by atoms with Crippen LogP contribution in [-0.4, -0.2) is 16.1 Å². The largest absolute Gasteiger partial charge is 0.455 e. The highest BCUT2D eigenvalue weighted by atomic mass is 35.5. The number of nitrogens with one attached hydrogen (secondary N) is 1. The third kappa shape index (κ3) is 3.71. The molecule has 0 atom stereocenters. The number of amides is 2. The normalized spacial score (nSPS) is 15.1. The number of thioether (sulfide) groups is 1. The van der Waals surface area contributed by atoms with E-state index in [1.807, 2.05) is 0 Å². The maximum absolute atomic E-state index is 11.7. The number of benzene rings is 1. The Kier molecular flexibility index (Phi) is 4.66. The van der Waals surface area contributed by atoms with Gasteiger partial charge in [0.1, 0.15) is 5.76 Å². The summed E-state index contributed by atoms with van der Waals surface area (Å²) >= 11 is 12.7. The van der Waals surface area contributed by atoms with Gasteiger partial charge in [0.2, 0.25) is 0 Å². The van der Waals surface area contributed by atoms with Gasteiger partial charge in [-0.2, -0.15) is 0 Å². The quantitative estimate of drug-likeness (QED) is 0.454. The molecule has 27 heavy (non-hydrogen) atoms. The first kappa shape index (κ1) is 17.7. The zero-order chi connectivity index (χ0) is 19.0. The van der Waals surface area contributed by atoms with Crippen molar-refractivity contribution in [2.75, 3.05) is 0 Å². The monoisotopic (exact) mass is 414 g/mol. The molecule has 2 aromatic heterocycles. The van der Waals surface area contributed by atoms with Gasteiger partial charge in [0.05, 0.1) is 20.5 Å². The molecule has 0 saturated carbocycles. The van der Waals surface area contributed by atoms with Crippen LogP contribution in [0, 0.1) is 11.8 Å². The van der Waals surface area contributed by atoms with E-state index in [0.717, 1.165) is 17.1 Å². The van der Waals surface area contributed by atoms with Crippen LogP contribution in [0.25, 0.3) is 17.0 Å². The predicted octanol–water partition coefficient (Wildman–Crippen LogP) is 4.86. The van der Waals surface area contributed by atoms with Crippen molar-refractivity contribution in [3.8, 4) is 11.8 Å². The number of carbonyl (C=O) groups is 2.